The van der Waals surface area contributed by atoms with Gasteiger partial charge < -0.3 is 10.1 Å². The molecule has 0 aliphatic rings. The van der Waals surface area contributed by atoms with E-state index in [1.807, 2.05) is 0 Å². The molecule has 0 aliphatic heterocycles. The average molecular weight is 273 g/mol. The lowest BCUT2D eigenvalue weighted by molar-refractivity contribution is -0.116. The van der Waals surface area contributed by atoms with Crippen LogP contribution in [0.3, 0.4) is 0 Å². The summed E-state index contributed by atoms with van der Waals surface area (Å²) in [5.74, 6) is -0.193. The maximum atomic E-state index is 11.6. The van der Waals surface area contributed by atoms with Crippen molar-refractivity contribution in [1.82, 2.24) is 9.29 Å². The summed E-state index contributed by atoms with van der Waals surface area (Å²) in [6, 6.07) is 3.25. The predicted octanol–water partition coefficient (Wildman–Crippen LogP) is -0.0799. The van der Waals surface area contributed by atoms with Crippen molar-refractivity contribution < 1.29 is 17.9 Å². The number of pyridine rings is 1. The zero-order valence-corrected chi connectivity index (χ0v) is 11.2. The van der Waals surface area contributed by atoms with Gasteiger partial charge in [-0.3, -0.25) is 4.79 Å². The van der Waals surface area contributed by atoms with Gasteiger partial charge in [0.2, 0.25) is 21.8 Å². The molecule has 1 aromatic heterocycles. The number of hydrogen-bond acceptors (Lipinski definition) is 5. The third kappa shape index (κ3) is 3.97. The molecule has 1 amide bonds. The van der Waals surface area contributed by atoms with Gasteiger partial charge in [-0.1, -0.05) is 0 Å². The van der Waals surface area contributed by atoms with Crippen molar-refractivity contribution in [2.75, 3.05) is 32.3 Å². The number of ether oxygens (including phenoxy) is 1. The van der Waals surface area contributed by atoms with Crippen LogP contribution in [0, 0.1) is 0 Å². The summed E-state index contributed by atoms with van der Waals surface area (Å²) in [6.45, 7) is -0.267. The second kappa shape index (κ2) is 5.78. The van der Waals surface area contributed by atoms with E-state index in [2.05, 4.69) is 10.3 Å². The molecule has 0 aliphatic carbocycles. The molecule has 0 spiro atoms. The Labute approximate surface area is 106 Å². The Bertz CT molecular complexity index is 530. The number of carbonyl (C=O) groups excluding carboxylic acids is 1. The topological polar surface area (TPSA) is 88.6 Å². The number of sulfonamides is 1. The number of hydrogen-bond donors (Lipinski definition) is 1. The molecule has 1 rings (SSSR count). The molecule has 0 saturated heterocycles. The van der Waals surface area contributed by atoms with Crippen molar-refractivity contribution in [3.63, 3.8) is 0 Å². The van der Waals surface area contributed by atoms with Gasteiger partial charge in [-0.15, -0.1) is 0 Å². The van der Waals surface area contributed by atoms with Gasteiger partial charge in [0.05, 0.1) is 19.9 Å². The molecule has 100 valence electrons. The van der Waals surface area contributed by atoms with E-state index in [9.17, 15) is 13.2 Å². The molecule has 1 N–H and O–H groups in total. The second-order valence-corrected chi connectivity index (χ2v) is 5.72. The van der Waals surface area contributed by atoms with Crippen LogP contribution in [-0.2, 0) is 14.8 Å². The summed E-state index contributed by atoms with van der Waals surface area (Å²) in [4.78, 5) is 15.5. The van der Waals surface area contributed by atoms with E-state index in [1.54, 1.807) is 12.1 Å². The minimum Gasteiger partial charge on any atom is -0.480 e. The highest BCUT2D eigenvalue weighted by atomic mass is 32.2. The molecule has 0 fully saturated rings. The summed E-state index contributed by atoms with van der Waals surface area (Å²) < 4.78 is 28.2. The molecule has 0 radical (unpaired) electrons. The Morgan fingerprint density at radius 3 is 2.78 bits per heavy atom. The highest BCUT2D eigenvalue weighted by Crippen LogP contribution is 2.19. The maximum Gasteiger partial charge on any atom is 0.239 e. The van der Waals surface area contributed by atoms with Gasteiger partial charge in [-0.2, -0.15) is 4.31 Å². The number of anilines is 1. The summed E-state index contributed by atoms with van der Waals surface area (Å²) in [7, 11) is -0.620. The zero-order chi connectivity index (χ0) is 13.8. The number of carbonyl (C=O) groups is 1. The zero-order valence-electron chi connectivity index (χ0n) is 10.4. The number of likely N-dealkylation sites (N-methyl/N-ethyl adjacent to an activating group) is 1. The molecule has 7 nitrogen and oxygen atoms in total. The Balaban J connectivity index is 2.71. The summed E-state index contributed by atoms with van der Waals surface area (Å²) >= 11 is 0. The second-order valence-electron chi connectivity index (χ2n) is 3.63. The van der Waals surface area contributed by atoms with Crippen LogP contribution in [0.4, 0.5) is 5.69 Å². The van der Waals surface area contributed by atoms with Crippen LogP contribution in [-0.4, -0.2) is 50.6 Å². The molecule has 1 aromatic rings. The third-order valence-electron chi connectivity index (χ3n) is 2.17. The SMILES string of the molecule is COc1ncccc1NC(=O)CN(C)S(C)(=O)=O. The number of methoxy groups -OCH3 is 1. The van der Waals surface area contributed by atoms with Crippen molar-refractivity contribution in [3.8, 4) is 5.88 Å². The molecule has 0 bridgehead atoms. The van der Waals surface area contributed by atoms with Crippen LogP contribution in [0.25, 0.3) is 0 Å². The van der Waals surface area contributed by atoms with Gasteiger partial charge in [-0.05, 0) is 12.1 Å². The molecular formula is C10H15N3O4S. The number of nitrogens with one attached hydrogen (secondary N) is 1. The van der Waals surface area contributed by atoms with Crippen LogP contribution in [0.1, 0.15) is 0 Å². The number of nitrogens with zero attached hydrogens (tertiary/aromatic N) is 2. The van der Waals surface area contributed by atoms with Crippen molar-refractivity contribution >= 4 is 21.6 Å². The highest BCUT2D eigenvalue weighted by Gasteiger charge is 2.16. The number of rotatable bonds is 5. The first-order valence-electron chi connectivity index (χ1n) is 5.04. The minimum absolute atomic E-state index is 0.267. The average Bonchev–Trinajstić information content (AvgIpc) is 2.28. The highest BCUT2D eigenvalue weighted by molar-refractivity contribution is 7.88. The molecule has 0 atom stereocenters. The molecular weight excluding hydrogens is 258 g/mol. The van der Waals surface area contributed by atoms with Gasteiger partial charge in [0.1, 0.15) is 5.69 Å². The molecule has 1 heterocycles. The smallest absolute Gasteiger partial charge is 0.239 e. The van der Waals surface area contributed by atoms with E-state index < -0.39 is 15.9 Å². The van der Waals surface area contributed by atoms with Crippen LogP contribution < -0.4 is 10.1 Å². The quantitative estimate of drug-likeness (QED) is 0.810. The Morgan fingerprint density at radius 2 is 2.22 bits per heavy atom. The fraction of sp³-hybridized carbons (Fsp3) is 0.400. The van der Waals surface area contributed by atoms with Crippen LogP contribution >= 0.6 is 0 Å². The van der Waals surface area contributed by atoms with Crippen LogP contribution in [0.5, 0.6) is 5.88 Å². The molecule has 0 aromatic carbocycles. The maximum absolute atomic E-state index is 11.6. The van der Waals surface area contributed by atoms with Gasteiger partial charge in [-0.25, -0.2) is 13.4 Å². The molecule has 0 unspecified atom stereocenters. The molecule has 0 saturated carbocycles. The number of amides is 1. The van der Waals surface area contributed by atoms with E-state index in [1.165, 1.54) is 20.4 Å². The molecule has 8 heteroatoms. The predicted molar refractivity (Wildman–Crippen MR) is 66.9 cm³/mol. The van der Waals surface area contributed by atoms with Crippen LogP contribution in [0.15, 0.2) is 18.3 Å². The first-order chi connectivity index (χ1) is 8.34. The van der Waals surface area contributed by atoms with Gasteiger partial charge in [0.25, 0.3) is 0 Å². The van der Waals surface area contributed by atoms with Crippen LogP contribution in [0.2, 0.25) is 0 Å². The van der Waals surface area contributed by atoms with E-state index in [4.69, 9.17) is 4.74 Å². The normalized spacial score (nSPS) is 11.3. The molecule has 18 heavy (non-hydrogen) atoms. The van der Waals surface area contributed by atoms with Crippen molar-refractivity contribution in [2.24, 2.45) is 0 Å². The lowest BCUT2D eigenvalue weighted by Crippen LogP contribution is -2.34. The van der Waals surface area contributed by atoms with Crippen molar-refractivity contribution in [3.05, 3.63) is 18.3 Å². The summed E-state index contributed by atoms with van der Waals surface area (Å²) in [5.41, 5.74) is 0.395. The van der Waals surface area contributed by atoms with E-state index in [0.29, 0.717) is 5.69 Å². The third-order valence-corrected chi connectivity index (χ3v) is 3.43. The number of aromatic nitrogens is 1. The summed E-state index contributed by atoms with van der Waals surface area (Å²) in [5, 5.41) is 2.53. The summed E-state index contributed by atoms with van der Waals surface area (Å²) in [6.07, 6.45) is 2.56. The minimum atomic E-state index is -3.38. The monoisotopic (exact) mass is 273 g/mol. The van der Waals surface area contributed by atoms with Crippen molar-refractivity contribution in [1.29, 1.82) is 0 Å². The largest absolute Gasteiger partial charge is 0.480 e. The first-order valence-corrected chi connectivity index (χ1v) is 6.89. The standard InChI is InChI=1S/C10H15N3O4S/c1-13(18(3,15)16)7-9(14)12-8-5-4-6-11-10(8)17-2/h4-6H,7H2,1-3H3,(H,12,14). The van der Waals surface area contributed by atoms with Gasteiger partial charge in [0.15, 0.2) is 0 Å². The Morgan fingerprint density at radius 1 is 1.56 bits per heavy atom. The van der Waals surface area contributed by atoms with E-state index in [-0.39, 0.29) is 12.4 Å². The fourth-order valence-electron chi connectivity index (χ4n) is 1.16. The van der Waals surface area contributed by atoms with E-state index in [0.717, 1.165) is 10.6 Å². The van der Waals surface area contributed by atoms with Crippen molar-refractivity contribution in [2.45, 2.75) is 0 Å². The Kier molecular flexibility index (Phi) is 4.62. The Hall–Kier alpha value is -1.67. The first kappa shape index (κ1) is 14.4. The lowest BCUT2D eigenvalue weighted by atomic mass is 10.4. The fourth-order valence-corrected chi connectivity index (χ4v) is 1.51. The lowest BCUT2D eigenvalue weighted by Gasteiger charge is -2.14. The van der Waals surface area contributed by atoms with Gasteiger partial charge >= 0.3 is 0 Å². The van der Waals surface area contributed by atoms with E-state index >= 15 is 0 Å². The van der Waals surface area contributed by atoms with Gasteiger partial charge in [0, 0.05) is 13.2 Å².